The van der Waals surface area contributed by atoms with E-state index in [0.717, 1.165) is 11.4 Å². The first kappa shape index (κ1) is 19.8. The van der Waals surface area contributed by atoms with Gasteiger partial charge in [0.25, 0.3) is 0 Å². The fourth-order valence-electron chi connectivity index (χ4n) is 4.38. The molecule has 1 aliphatic heterocycles. The smallest absolute Gasteiger partial charge is 0.234 e. The van der Waals surface area contributed by atoms with E-state index < -0.39 is 5.41 Å². The quantitative estimate of drug-likeness (QED) is 0.484. The molecule has 0 spiro atoms. The van der Waals surface area contributed by atoms with Gasteiger partial charge in [0, 0.05) is 29.3 Å². The summed E-state index contributed by atoms with van der Waals surface area (Å²) in [6, 6.07) is 25.5. The molecule has 3 aromatic carbocycles. The van der Waals surface area contributed by atoms with Crippen LogP contribution in [0.15, 0.2) is 77.7 Å². The molecule has 29 heavy (non-hydrogen) atoms. The maximum absolute atomic E-state index is 13.7. The third kappa shape index (κ3) is 3.60. The lowest BCUT2D eigenvalue weighted by atomic mass is 9.67. The number of rotatable bonds is 4. The lowest BCUT2D eigenvalue weighted by molar-refractivity contribution is -0.127. The molecule has 0 aromatic heterocycles. The summed E-state index contributed by atoms with van der Waals surface area (Å²) < 4.78 is 0. The average Bonchev–Trinajstić information content (AvgIpc) is 2.73. The van der Waals surface area contributed by atoms with Crippen LogP contribution in [-0.2, 0) is 4.79 Å². The fraction of sp³-hybridized carbons (Fsp3) is 0.269. The van der Waals surface area contributed by atoms with E-state index >= 15 is 0 Å². The van der Waals surface area contributed by atoms with Gasteiger partial charge in [-0.1, -0.05) is 65.7 Å². The van der Waals surface area contributed by atoms with Gasteiger partial charge in [0.15, 0.2) is 0 Å². The minimum absolute atomic E-state index is 0.0280. The Kier molecular flexibility index (Phi) is 5.26. The van der Waals surface area contributed by atoms with Crippen LogP contribution >= 0.6 is 11.8 Å². The van der Waals surface area contributed by atoms with Crippen LogP contribution in [0.25, 0.3) is 0 Å². The zero-order valence-corrected chi connectivity index (χ0v) is 18.3. The van der Waals surface area contributed by atoms with Crippen molar-refractivity contribution in [3.8, 4) is 0 Å². The highest BCUT2D eigenvalue weighted by atomic mass is 32.2. The van der Waals surface area contributed by atoms with Crippen LogP contribution < -0.4 is 4.90 Å². The molecular formula is C26H27NOS. The predicted octanol–water partition coefficient (Wildman–Crippen LogP) is 6.21. The van der Waals surface area contributed by atoms with E-state index in [1.54, 1.807) is 11.8 Å². The molecular weight excluding hydrogens is 374 g/mol. The molecule has 4 rings (SSSR count). The third-order valence-corrected chi connectivity index (χ3v) is 7.33. The van der Waals surface area contributed by atoms with E-state index in [9.17, 15) is 4.79 Å². The first-order valence-corrected chi connectivity index (χ1v) is 11.0. The third-order valence-electron chi connectivity index (χ3n) is 5.98. The number of hydrogen-bond acceptors (Lipinski definition) is 2. The average molecular weight is 402 g/mol. The number of hydrogen-bond donors (Lipinski definition) is 0. The predicted molar refractivity (Wildman–Crippen MR) is 123 cm³/mol. The Labute approximate surface area is 178 Å². The molecule has 1 amide bonds. The van der Waals surface area contributed by atoms with Crippen molar-refractivity contribution in [3.05, 3.63) is 95.1 Å². The van der Waals surface area contributed by atoms with Crippen LogP contribution in [-0.4, -0.2) is 18.7 Å². The second-order valence-corrected chi connectivity index (χ2v) is 9.34. The van der Waals surface area contributed by atoms with E-state index in [1.807, 2.05) is 18.0 Å². The Morgan fingerprint density at radius 3 is 2.28 bits per heavy atom. The van der Waals surface area contributed by atoms with Gasteiger partial charge in [-0.3, -0.25) is 4.79 Å². The molecule has 148 valence electrons. The highest BCUT2D eigenvalue weighted by Gasteiger charge is 2.49. The van der Waals surface area contributed by atoms with E-state index in [1.165, 1.54) is 27.1 Å². The number of anilines is 1. The Bertz CT molecular complexity index is 1030. The zero-order valence-electron chi connectivity index (χ0n) is 17.5. The molecule has 0 saturated carbocycles. The molecule has 3 aromatic rings. The summed E-state index contributed by atoms with van der Waals surface area (Å²) in [4.78, 5) is 16.7. The number of aryl methyl sites for hydroxylation is 2. The van der Waals surface area contributed by atoms with Gasteiger partial charge in [-0.25, -0.2) is 0 Å². The van der Waals surface area contributed by atoms with Crippen LogP contribution in [0.5, 0.6) is 0 Å². The summed E-state index contributed by atoms with van der Waals surface area (Å²) in [7, 11) is 1.91. The highest BCUT2D eigenvalue weighted by molar-refractivity contribution is 7.99. The van der Waals surface area contributed by atoms with Gasteiger partial charge in [-0.15, -0.1) is 11.8 Å². The topological polar surface area (TPSA) is 20.3 Å². The summed E-state index contributed by atoms with van der Waals surface area (Å²) >= 11 is 1.77. The normalized spacial score (nSPS) is 21.2. The Morgan fingerprint density at radius 1 is 0.931 bits per heavy atom. The standard InChI is InChI=1S/C26H27NOS/c1-18-10-13-21(14-11-18)29-17-26(3)24(20-8-6-5-7-9-20)22-16-19(2)12-15-23(22)27(4)25(26)28/h5-16,24H,17H2,1-4H3/t24-,26-/m1/s1. The van der Waals surface area contributed by atoms with Gasteiger partial charge in [0.05, 0.1) is 5.41 Å². The summed E-state index contributed by atoms with van der Waals surface area (Å²) in [5.74, 6) is 0.939. The van der Waals surface area contributed by atoms with Crippen LogP contribution in [0.4, 0.5) is 5.69 Å². The summed E-state index contributed by atoms with van der Waals surface area (Å²) in [5.41, 5.74) is 5.40. The van der Waals surface area contributed by atoms with Crippen molar-refractivity contribution in [3.63, 3.8) is 0 Å². The highest BCUT2D eigenvalue weighted by Crippen LogP contribution is 2.51. The number of fused-ring (bicyclic) bond motifs is 1. The molecule has 2 nitrogen and oxygen atoms in total. The van der Waals surface area contributed by atoms with Crippen molar-refractivity contribution in [2.75, 3.05) is 17.7 Å². The molecule has 0 aliphatic carbocycles. The number of benzene rings is 3. The Balaban J connectivity index is 1.81. The van der Waals surface area contributed by atoms with Crippen molar-refractivity contribution in [2.24, 2.45) is 5.41 Å². The Morgan fingerprint density at radius 2 is 1.59 bits per heavy atom. The van der Waals surface area contributed by atoms with E-state index in [0.29, 0.717) is 0 Å². The minimum atomic E-state index is -0.535. The minimum Gasteiger partial charge on any atom is -0.315 e. The second kappa shape index (κ2) is 7.72. The molecule has 0 N–H and O–H groups in total. The van der Waals surface area contributed by atoms with Crippen LogP contribution in [0.1, 0.15) is 35.1 Å². The summed E-state index contributed by atoms with van der Waals surface area (Å²) in [5, 5.41) is 0. The lowest BCUT2D eigenvalue weighted by Gasteiger charge is -2.45. The van der Waals surface area contributed by atoms with Crippen LogP contribution in [0.3, 0.4) is 0 Å². The molecule has 0 bridgehead atoms. The Hall–Kier alpha value is -2.52. The molecule has 0 fully saturated rings. The molecule has 2 atom stereocenters. The SMILES string of the molecule is Cc1ccc(SC[C@@]2(C)C(=O)N(C)c3ccc(C)cc3[C@H]2c2ccccc2)cc1. The van der Waals surface area contributed by atoms with Crippen molar-refractivity contribution in [1.82, 2.24) is 0 Å². The van der Waals surface area contributed by atoms with Gasteiger partial charge in [0.2, 0.25) is 5.91 Å². The summed E-state index contributed by atoms with van der Waals surface area (Å²) in [6.45, 7) is 6.35. The molecule has 0 saturated heterocycles. The van der Waals surface area contributed by atoms with Crippen LogP contribution in [0.2, 0.25) is 0 Å². The molecule has 3 heteroatoms. The lowest BCUT2D eigenvalue weighted by Crippen LogP contribution is -2.50. The van der Waals surface area contributed by atoms with Gasteiger partial charge < -0.3 is 4.90 Å². The molecule has 0 unspecified atom stereocenters. The maximum Gasteiger partial charge on any atom is 0.234 e. The number of carbonyl (C=O) groups is 1. The number of amides is 1. The number of carbonyl (C=O) groups excluding carboxylic acids is 1. The van der Waals surface area contributed by atoms with E-state index in [2.05, 4.69) is 87.5 Å². The van der Waals surface area contributed by atoms with Crippen molar-refractivity contribution < 1.29 is 4.79 Å². The second-order valence-electron chi connectivity index (χ2n) is 8.29. The molecule has 0 radical (unpaired) electrons. The van der Waals surface area contributed by atoms with Gasteiger partial charge in [-0.2, -0.15) is 0 Å². The van der Waals surface area contributed by atoms with Crippen molar-refractivity contribution in [2.45, 2.75) is 31.6 Å². The first-order valence-electron chi connectivity index (χ1n) is 10.0. The monoisotopic (exact) mass is 401 g/mol. The van der Waals surface area contributed by atoms with Gasteiger partial charge in [-0.05, 0) is 50.1 Å². The van der Waals surface area contributed by atoms with Crippen LogP contribution in [0, 0.1) is 19.3 Å². The molecule has 1 heterocycles. The van der Waals surface area contributed by atoms with Gasteiger partial charge >= 0.3 is 0 Å². The first-order chi connectivity index (χ1) is 13.9. The summed E-state index contributed by atoms with van der Waals surface area (Å²) in [6.07, 6.45) is 0. The van der Waals surface area contributed by atoms with Crippen molar-refractivity contribution in [1.29, 1.82) is 0 Å². The maximum atomic E-state index is 13.7. The molecule has 1 aliphatic rings. The van der Waals surface area contributed by atoms with Gasteiger partial charge in [0.1, 0.15) is 0 Å². The fourth-order valence-corrected chi connectivity index (χ4v) is 5.46. The van der Waals surface area contributed by atoms with Crippen molar-refractivity contribution >= 4 is 23.4 Å². The number of thioether (sulfide) groups is 1. The van der Waals surface area contributed by atoms with E-state index in [4.69, 9.17) is 0 Å². The van der Waals surface area contributed by atoms with E-state index in [-0.39, 0.29) is 11.8 Å². The zero-order chi connectivity index (χ0) is 20.6. The largest absolute Gasteiger partial charge is 0.315 e. The number of nitrogens with zero attached hydrogens (tertiary/aromatic N) is 1.